The lowest BCUT2D eigenvalue weighted by Crippen LogP contribution is -2.40. The molecule has 1 amide bonds. The number of nitrogens with one attached hydrogen (secondary N) is 1. The Kier molecular flexibility index (Phi) is 33.8. The van der Waals surface area contributed by atoms with Gasteiger partial charge in [-0.05, 0) is 126 Å². The molecule has 4 atom stereocenters. The number of rotatable bonds is 24. The number of amides is 1. The van der Waals surface area contributed by atoms with Gasteiger partial charge in [0, 0.05) is 48.0 Å². The van der Waals surface area contributed by atoms with Crippen LogP contribution in [0.25, 0.3) is 22.6 Å². The molecule has 468 valence electrons. The molecule has 3 aliphatic rings. The van der Waals surface area contributed by atoms with Gasteiger partial charge in [-0.25, -0.2) is 4.79 Å². The number of nitrogens with zero attached hydrogens (tertiary/aromatic N) is 3. The minimum atomic E-state index is -4.59. The van der Waals surface area contributed by atoms with Gasteiger partial charge in [0.25, 0.3) is 0 Å². The Hall–Kier alpha value is -5.79. The largest absolute Gasteiger partial charge is 0.491 e. The highest BCUT2D eigenvalue weighted by atomic mass is 19.4. The minimum absolute atomic E-state index is 0. The maximum absolute atomic E-state index is 13.6. The number of azide groups is 1. The molecule has 16 nitrogen and oxygen atoms in total. The van der Waals surface area contributed by atoms with E-state index in [0.717, 1.165) is 69.9 Å². The molecule has 6 rings (SSSR count). The van der Waals surface area contributed by atoms with Gasteiger partial charge in [0.05, 0.1) is 44.5 Å². The van der Waals surface area contributed by atoms with Gasteiger partial charge in [0.15, 0.2) is 18.9 Å². The van der Waals surface area contributed by atoms with E-state index < -0.39 is 67.0 Å². The van der Waals surface area contributed by atoms with E-state index in [9.17, 15) is 44.3 Å². The first kappa shape index (κ1) is 73.3. The number of alkyl carbamates (subject to hydrolysis) is 1. The number of aliphatic hydroxyl groups is 1. The smallest absolute Gasteiger partial charge is 0.414 e. The molecule has 3 aromatic rings. The number of ether oxygens (including phenoxy) is 10. The number of para-hydroxylation sites is 3. The molecule has 0 aromatic heterocycles. The van der Waals surface area contributed by atoms with Crippen molar-refractivity contribution in [1.82, 2.24) is 5.32 Å². The van der Waals surface area contributed by atoms with Crippen LogP contribution in [0.1, 0.15) is 110 Å². The second-order valence-corrected chi connectivity index (χ2v) is 19.4. The van der Waals surface area contributed by atoms with Crippen LogP contribution in [0, 0.1) is 5.92 Å². The van der Waals surface area contributed by atoms with Gasteiger partial charge in [-0.1, -0.05) is 74.6 Å². The average Bonchev–Trinajstić information content (AvgIpc) is 3.50. The first-order valence-electron chi connectivity index (χ1n) is 26.6. The molecule has 4 unspecified atom stereocenters. The predicted molar refractivity (Wildman–Crippen MR) is 295 cm³/mol. The van der Waals surface area contributed by atoms with Crippen molar-refractivity contribution in [2.75, 3.05) is 79.2 Å². The van der Waals surface area contributed by atoms with Gasteiger partial charge in [0.1, 0.15) is 42.7 Å². The van der Waals surface area contributed by atoms with Crippen LogP contribution in [-0.2, 0) is 39.6 Å². The van der Waals surface area contributed by atoms with Crippen LogP contribution in [0.4, 0.5) is 44.3 Å². The molecule has 3 aliphatic heterocycles. The molecule has 2 N–H and O–H groups in total. The molecule has 3 saturated heterocycles. The highest BCUT2D eigenvalue weighted by molar-refractivity contribution is 5.67. The third-order valence-corrected chi connectivity index (χ3v) is 11.8. The second kappa shape index (κ2) is 38.2. The number of halogens is 9. The van der Waals surface area contributed by atoms with E-state index in [1.54, 1.807) is 81.4 Å². The lowest BCUT2D eigenvalue weighted by molar-refractivity contribution is -0.172. The quantitative estimate of drug-likeness (QED) is 0.0284. The average molecular weight is 1200 g/mol. The maximum atomic E-state index is 13.6. The molecule has 3 aromatic carbocycles. The van der Waals surface area contributed by atoms with Crippen molar-refractivity contribution in [3.63, 3.8) is 0 Å². The molecule has 0 radical (unpaired) electrons. The molecule has 3 fully saturated rings. The summed E-state index contributed by atoms with van der Waals surface area (Å²) in [6, 6.07) is 19.3. The van der Waals surface area contributed by atoms with Crippen LogP contribution in [0.3, 0.4) is 0 Å². The van der Waals surface area contributed by atoms with Crippen LogP contribution < -0.4 is 19.5 Å². The van der Waals surface area contributed by atoms with Gasteiger partial charge in [-0.3, -0.25) is 0 Å². The van der Waals surface area contributed by atoms with E-state index in [4.69, 9.17) is 58.0 Å². The van der Waals surface area contributed by atoms with Gasteiger partial charge in [-0.15, -0.1) is 0 Å². The Labute approximate surface area is 480 Å². The normalized spacial score (nSPS) is 18.2. The molecular formula is C58H81F9N4O12. The van der Waals surface area contributed by atoms with Crippen molar-refractivity contribution in [1.29, 1.82) is 0 Å². The van der Waals surface area contributed by atoms with Crippen LogP contribution >= 0.6 is 0 Å². The van der Waals surface area contributed by atoms with E-state index in [1.807, 2.05) is 0 Å². The Balaban J connectivity index is 0.000000424. The summed E-state index contributed by atoms with van der Waals surface area (Å²) in [5.74, 6) is -0.817. The molecule has 0 spiro atoms. The number of hydrogen-bond donors (Lipinski definition) is 2. The number of hydrogen-bond acceptors (Lipinski definition) is 13. The molecule has 83 heavy (non-hydrogen) atoms. The third kappa shape index (κ3) is 30.0. The highest BCUT2D eigenvalue weighted by Crippen LogP contribution is 2.34. The minimum Gasteiger partial charge on any atom is -0.491 e. The zero-order valence-corrected chi connectivity index (χ0v) is 45.6. The summed E-state index contributed by atoms with van der Waals surface area (Å²) in [7, 11) is 0. The Morgan fingerprint density at radius 2 is 1.05 bits per heavy atom. The number of carbonyl (C=O) groups is 1. The third-order valence-electron chi connectivity index (χ3n) is 11.8. The molecule has 25 heteroatoms. The van der Waals surface area contributed by atoms with Crippen LogP contribution in [-0.4, -0.2) is 133 Å². The Bertz CT molecular complexity index is 2400. The molecule has 0 bridgehead atoms. The Morgan fingerprint density at radius 3 is 1.43 bits per heavy atom. The molecule has 0 saturated carbocycles. The van der Waals surface area contributed by atoms with E-state index in [1.165, 1.54) is 12.1 Å². The van der Waals surface area contributed by atoms with Crippen molar-refractivity contribution in [2.45, 2.75) is 143 Å². The van der Waals surface area contributed by atoms with Gasteiger partial charge in [-0.2, -0.15) is 39.5 Å². The fourth-order valence-electron chi connectivity index (χ4n) is 7.80. The maximum Gasteiger partial charge on any atom is 0.414 e. The molecular weight excluding hydrogens is 1120 g/mol. The van der Waals surface area contributed by atoms with E-state index in [2.05, 4.69) is 15.3 Å². The van der Waals surface area contributed by atoms with Crippen molar-refractivity contribution in [3.05, 3.63) is 111 Å². The van der Waals surface area contributed by atoms with Crippen molar-refractivity contribution >= 4 is 18.2 Å². The lowest BCUT2D eigenvalue weighted by atomic mass is 9.98. The Morgan fingerprint density at radius 1 is 0.639 bits per heavy atom. The first-order chi connectivity index (χ1) is 38.6. The zero-order valence-electron chi connectivity index (χ0n) is 45.6. The summed E-state index contributed by atoms with van der Waals surface area (Å²) in [6.07, 6.45) is -5.08. The summed E-state index contributed by atoms with van der Waals surface area (Å²) in [5, 5.41) is 14.1. The molecule has 0 aliphatic carbocycles. The summed E-state index contributed by atoms with van der Waals surface area (Å²) < 4.78 is 173. The number of benzene rings is 3. The van der Waals surface area contributed by atoms with Crippen molar-refractivity contribution in [2.24, 2.45) is 11.0 Å². The van der Waals surface area contributed by atoms with Crippen LogP contribution in [0.2, 0.25) is 0 Å². The number of aliphatic hydroxyl groups excluding tert-OH is 1. The monoisotopic (exact) mass is 1200 g/mol. The van der Waals surface area contributed by atoms with Crippen molar-refractivity contribution < 1.29 is 96.8 Å². The predicted octanol–water partition coefficient (Wildman–Crippen LogP) is 14.5. The van der Waals surface area contributed by atoms with Crippen molar-refractivity contribution in [3.8, 4) is 17.2 Å². The first-order valence-corrected chi connectivity index (χ1v) is 26.6. The fourth-order valence-corrected chi connectivity index (χ4v) is 7.80. The standard InChI is InChI=1S/C22H32F3NO5.C17H20F3N3O3.C17H21F3O4.2CH4/c1-21(2,3)31-20(27)26-15-17(22(23,24)25)14-16-8-4-5-9-18(16)28-12-13-30-19-10-6-7-11-29-19;18-17(19,20)14(12-22-23-21)11-13-5-1-2-6-15(13)24-9-10-26-16-7-3-4-8-25-16;18-17(19,20)14(12-21)11-13-5-1-2-6-15(13)22-9-10-24-16-7-3-4-8-23-16;;/h4-5,8-9,17,19H,6-7,10-15H2,1-3H3,(H,26,27);1-2,5-6,11,16H,3-4,7-10,12H2;1-2,5-6,11,16,21H,3-4,7-10,12H2;2*1H4/b;2*14-11-;;. The number of alkyl halides is 9. The zero-order chi connectivity index (χ0) is 59.2. The molecule has 3 heterocycles. The van der Waals surface area contributed by atoms with Gasteiger partial charge >= 0.3 is 24.6 Å². The van der Waals surface area contributed by atoms with E-state index in [0.29, 0.717) is 42.6 Å². The number of carbonyl (C=O) groups excluding carboxylic acids is 1. The summed E-state index contributed by atoms with van der Waals surface area (Å²) in [4.78, 5) is 14.1. The van der Waals surface area contributed by atoms with Crippen LogP contribution in [0.5, 0.6) is 17.2 Å². The summed E-state index contributed by atoms with van der Waals surface area (Å²) in [5.41, 5.74) is 6.43. The summed E-state index contributed by atoms with van der Waals surface area (Å²) >= 11 is 0. The highest BCUT2D eigenvalue weighted by Gasteiger charge is 2.40. The van der Waals surface area contributed by atoms with E-state index in [-0.39, 0.29) is 90.9 Å². The van der Waals surface area contributed by atoms with Gasteiger partial charge < -0.3 is 57.8 Å². The second-order valence-electron chi connectivity index (χ2n) is 19.4. The topological polar surface area (TPSA) is 190 Å². The SMILES string of the molecule is C.C.CC(C)(C)OC(=O)NCC(Cc1ccccc1OCCOC1CCCCO1)C(F)(F)F.OC/C(=C/c1ccccc1OCCOC1CCCCO1)C(F)(F)F.[N-]=[N+]=NC/C(=C/c1ccccc1OCCOC1CCCCO1)C(F)(F)F. The van der Waals surface area contributed by atoms with E-state index >= 15 is 0 Å². The summed E-state index contributed by atoms with van der Waals surface area (Å²) in [6.45, 7) is 5.92. The lowest BCUT2D eigenvalue weighted by Gasteiger charge is -2.24. The van der Waals surface area contributed by atoms with Gasteiger partial charge in [0.2, 0.25) is 0 Å². The van der Waals surface area contributed by atoms with Crippen LogP contribution in [0.15, 0.2) is 89.1 Å². The fraction of sp³-hybridized carbons (Fsp3) is 0.603.